The number of rotatable bonds is 3. The number of phenols is 1. The normalized spacial score (nSPS) is 10.0. The number of aliphatic imine (C=N–C) groups is 1. The topological polar surface area (TPSA) is 49.7 Å². The zero-order chi connectivity index (χ0) is 15.4. The fourth-order valence-electron chi connectivity index (χ4n) is 2.41. The van der Waals surface area contributed by atoms with E-state index in [-0.39, 0.29) is 5.75 Å². The first-order valence-corrected chi connectivity index (χ1v) is 6.85. The van der Waals surface area contributed by atoms with Crippen molar-refractivity contribution in [2.45, 2.75) is 0 Å². The highest BCUT2D eigenvalue weighted by atomic mass is 16.3. The molecular formula is C19H13NO2. The Balaban J connectivity index is 2.27. The number of hydrogen-bond donors (Lipinski definition) is 1. The van der Waals surface area contributed by atoms with Crippen LogP contribution in [0.25, 0.3) is 22.3 Å². The molecule has 0 aliphatic carbocycles. The van der Waals surface area contributed by atoms with Crippen molar-refractivity contribution in [2.24, 2.45) is 4.99 Å². The minimum atomic E-state index is 0.169. The standard InChI is InChI=1S/C19H13NO2/c21-13-20-16-11-17(14-7-3-1-4-8-14)19(22)18(12-16)15-9-5-2-6-10-15/h1-12,22H. The first-order valence-electron chi connectivity index (χ1n) is 6.85. The lowest BCUT2D eigenvalue weighted by atomic mass is 9.96. The van der Waals surface area contributed by atoms with Gasteiger partial charge in [-0.25, -0.2) is 4.79 Å². The number of isocyanates is 1. The molecule has 0 heterocycles. The molecule has 106 valence electrons. The Labute approximate surface area is 128 Å². The first-order chi connectivity index (χ1) is 10.8. The monoisotopic (exact) mass is 287 g/mol. The Kier molecular flexibility index (Phi) is 3.82. The maximum Gasteiger partial charge on any atom is 0.240 e. The Bertz CT molecular complexity index is 775. The summed E-state index contributed by atoms with van der Waals surface area (Å²) in [6, 6.07) is 22.4. The molecular weight excluding hydrogens is 274 g/mol. The van der Waals surface area contributed by atoms with Crippen LogP contribution in [-0.2, 0) is 4.79 Å². The molecule has 3 aromatic carbocycles. The molecule has 1 N–H and O–H groups in total. The number of benzene rings is 3. The largest absolute Gasteiger partial charge is 0.507 e. The van der Waals surface area contributed by atoms with Crippen molar-refractivity contribution < 1.29 is 9.90 Å². The van der Waals surface area contributed by atoms with Gasteiger partial charge >= 0.3 is 0 Å². The number of hydrogen-bond acceptors (Lipinski definition) is 3. The van der Waals surface area contributed by atoms with Crippen LogP contribution in [0.2, 0.25) is 0 Å². The summed E-state index contributed by atoms with van der Waals surface area (Å²) in [5, 5.41) is 10.6. The lowest BCUT2D eigenvalue weighted by Gasteiger charge is -2.11. The molecule has 0 radical (unpaired) electrons. The molecule has 0 saturated heterocycles. The van der Waals surface area contributed by atoms with Crippen LogP contribution in [-0.4, -0.2) is 11.2 Å². The predicted octanol–water partition coefficient (Wildman–Crippen LogP) is 4.69. The second-order valence-corrected chi connectivity index (χ2v) is 4.82. The van der Waals surface area contributed by atoms with Crippen LogP contribution in [0.4, 0.5) is 5.69 Å². The van der Waals surface area contributed by atoms with Crippen LogP contribution in [0.5, 0.6) is 5.75 Å². The smallest absolute Gasteiger partial charge is 0.240 e. The summed E-state index contributed by atoms with van der Waals surface area (Å²) in [6.07, 6.45) is 1.55. The molecule has 0 aromatic heterocycles. The van der Waals surface area contributed by atoms with Crippen molar-refractivity contribution in [1.29, 1.82) is 0 Å². The van der Waals surface area contributed by atoms with E-state index in [2.05, 4.69) is 4.99 Å². The summed E-state index contributed by atoms with van der Waals surface area (Å²) >= 11 is 0. The summed E-state index contributed by atoms with van der Waals surface area (Å²) < 4.78 is 0. The lowest BCUT2D eigenvalue weighted by molar-refractivity contribution is 0.479. The zero-order valence-corrected chi connectivity index (χ0v) is 11.7. The molecule has 3 nitrogen and oxygen atoms in total. The van der Waals surface area contributed by atoms with Gasteiger partial charge in [0, 0.05) is 11.1 Å². The summed E-state index contributed by atoms with van der Waals surface area (Å²) in [5.74, 6) is 0.169. The molecule has 0 atom stereocenters. The molecule has 0 spiro atoms. The minimum Gasteiger partial charge on any atom is -0.507 e. The van der Waals surface area contributed by atoms with Gasteiger partial charge in [0.2, 0.25) is 6.08 Å². The van der Waals surface area contributed by atoms with Crippen molar-refractivity contribution in [3.8, 4) is 28.0 Å². The van der Waals surface area contributed by atoms with Gasteiger partial charge in [0.05, 0.1) is 5.69 Å². The van der Waals surface area contributed by atoms with E-state index in [1.807, 2.05) is 60.7 Å². The second kappa shape index (κ2) is 6.08. The van der Waals surface area contributed by atoms with Crippen molar-refractivity contribution in [3.63, 3.8) is 0 Å². The van der Waals surface area contributed by atoms with Crippen LogP contribution in [0.3, 0.4) is 0 Å². The van der Waals surface area contributed by atoms with E-state index >= 15 is 0 Å². The number of nitrogens with zero attached hydrogens (tertiary/aromatic N) is 1. The second-order valence-electron chi connectivity index (χ2n) is 4.82. The maximum absolute atomic E-state index is 10.6. The van der Waals surface area contributed by atoms with Crippen LogP contribution >= 0.6 is 0 Å². The average molecular weight is 287 g/mol. The predicted molar refractivity (Wildman–Crippen MR) is 86.8 cm³/mol. The highest BCUT2D eigenvalue weighted by Gasteiger charge is 2.13. The van der Waals surface area contributed by atoms with Gasteiger partial charge in [0.15, 0.2) is 0 Å². The quantitative estimate of drug-likeness (QED) is 0.561. The van der Waals surface area contributed by atoms with E-state index in [0.717, 1.165) is 11.1 Å². The summed E-state index contributed by atoms with van der Waals surface area (Å²) in [5.41, 5.74) is 3.46. The molecule has 3 rings (SSSR count). The Hall–Kier alpha value is -3.16. The molecule has 0 fully saturated rings. The fraction of sp³-hybridized carbons (Fsp3) is 0. The summed E-state index contributed by atoms with van der Waals surface area (Å²) in [4.78, 5) is 14.3. The summed E-state index contributed by atoms with van der Waals surface area (Å²) in [7, 11) is 0. The SMILES string of the molecule is O=C=Nc1cc(-c2ccccc2)c(O)c(-c2ccccc2)c1. The van der Waals surface area contributed by atoms with Crippen LogP contribution in [0.1, 0.15) is 0 Å². The number of carbonyl (C=O) groups excluding carboxylic acids is 1. The molecule has 0 aliphatic heterocycles. The molecule has 0 bridgehead atoms. The molecule has 22 heavy (non-hydrogen) atoms. The molecule has 3 heteroatoms. The number of aromatic hydroxyl groups is 1. The maximum atomic E-state index is 10.6. The highest BCUT2D eigenvalue weighted by molar-refractivity contribution is 5.85. The Morgan fingerprint density at radius 2 is 1.23 bits per heavy atom. The third-order valence-corrected chi connectivity index (χ3v) is 3.44. The minimum absolute atomic E-state index is 0.169. The molecule has 0 unspecified atom stereocenters. The van der Waals surface area contributed by atoms with E-state index in [1.54, 1.807) is 18.2 Å². The summed E-state index contributed by atoms with van der Waals surface area (Å²) in [6.45, 7) is 0. The van der Waals surface area contributed by atoms with Gasteiger partial charge in [-0.1, -0.05) is 60.7 Å². The molecule has 0 amide bonds. The van der Waals surface area contributed by atoms with Gasteiger partial charge in [-0.2, -0.15) is 4.99 Å². The van der Waals surface area contributed by atoms with Crippen molar-refractivity contribution in [3.05, 3.63) is 72.8 Å². The van der Waals surface area contributed by atoms with Gasteiger partial charge in [-0.3, -0.25) is 0 Å². The third kappa shape index (κ3) is 2.66. The van der Waals surface area contributed by atoms with E-state index in [0.29, 0.717) is 16.8 Å². The van der Waals surface area contributed by atoms with Crippen LogP contribution in [0, 0.1) is 0 Å². The molecule has 3 aromatic rings. The van der Waals surface area contributed by atoms with Gasteiger partial charge < -0.3 is 5.11 Å². The average Bonchev–Trinajstić information content (AvgIpc) is 2.58. The van der Waals surface area contributed by atoms with Crippen molar-refractivity contribution >= 4 is 11.8 Å². The third-order valence-electron chi connectivity index (χ3n) is 3.44. The molecule has 0 aliphatic rings. The van der Waals surface area contributed by atoms with Crippen LogP contribution in [0.15, 0.2) is 77.8 Å². The van der Waals surface area contributed by atoms with E-state index in [1.165, 1.54) is 0 Å². The van der Waals surface area contributed by atoms with E-state index < -0.39 is 0 Å². The van der Waals surface area contributed by atoms with Gasteiger partial charge in [0.25, 0.3) is 0 Å². The number of phenolic OH excluding ortho intramolecular Hbond substituents is 1. The van der Waals surface area contributed by atoms with Gasteiger partial charge in [-0.15, -0.1) is 0 Å². The van der Waals surface area contributed by atoms with E-state index in [9.17, 15) is 9.90 Å². The van der Waals surface area contributed by atoms with Gasteiger partial charge in [-0.05, 0) is 23.3 Å². The lowest BCUT2D eigenvalue weighted by Crippen LogP contribution is -1.85. The van der Waals surface area contributed by atoms with Gasteiger partial charge in [0.1, 0.15) is 5.75 Å². The Morgan fingerprint density at radius 1 is 0.773 bits per heavy atom. The van der Waals surface area contributed by atoms with E-state index in [4.69, 9.17) is 0 Å². The van der Waals surface area contributed by atoms with Crippen molar-refractivity contribution in [1.82, 2.24) is 0 Å². The van der Waals surface area contributed by atoms with Crippen LogP contribution < -0.4 is 0 Å². The molecule has 0 saturated carbocycles. The fourth-order valence-corrected chi connectivity index (χ4v) is 2.41. The first kappa shape index (κ1) is 13.8. The van der Waals surface area contributed by atoms with Crippen molar-refractivity contribution in [2.75, 3.05) is 0 Å². The highest BCUT2D eigenvalue weighted by Crippen LogP contribution is 2.41. The zero-order valence-electron chi connectivity index (χ0n) is 11.7. The Morgan fingerprint density at radius 3 is 1.64 bits per heavy atom.